The number of likely N-dealkylation sites (tertiary alicyclic amines) is 1. The summed E-state index contributed by atoms with van der Waals surface area (Å²) in [6.07, 6.45) is 7.51. The number of carbonyl (C=O) groups is 1. The Hall–Kier alpha value is -2.96. The van der Waals surface area contributed by atoms with Gasteiger partial charge >= 0.3 is 11.9 Å². The largest absolute Gasteiger partial charge is 0.444 e. The maximum absolute atomic E-state index is 13.5. The molecule has 4 rings (SSSR count). The predicted molar refractivity (Wildman–Crippen MR) is 130 cm³/mol. The number of rotatable bonds is 5. The van der Waals surface area contributed by atoms with Crippen LogP contribution in [0, 0.1) is 17.1 Å². The lowest BCUT2D eigenvalue weighted by Crippen LogP contribution is -2.55. The maximum atomic E-state index is 13.5. The van der Waals surface area contributed by atoms with Crippen LogP contribution >= 0.6 is 0 Å². The van der Waals surface area contributed by atoms with Crippen molar-refractivity contribution in [2.45, 2.75) is 82.0 Å². The second-order valence-corrected chi connectivity index (χ2v) is 10.5. The number of hydrogen-bond donors (Lipinski definition) is 2. The average Bonchev–Trinajstić information content (AvgIpc) is 3.22. The van der Waals surface area contributed by atoms with Crippen molar-refractivity contribution in [3.63, 3.8) is 0 Å². The van der Waals surface area contributed by atoms with Gasteiger partial charge in [0.15, 0.2) is 0 Å². The first-order valence-electron chi connectivity index (χ1n) is 12.2. The first-order valence-corrected chi connectivity index (χ1v) is 12.2. The fraction of sp³-hybridized carbons (Fsp3) is 0.577. The molecule has 3 aliphatic rings. The zero-order valence-corrected chi connectivity index (χ0v) is 20.5. The van der Waals surface area contributed by atoms with Gasteiger partial charge in [0.05, 0.1) is 6.10 Å². The van der Waals surface area contributed by atoms with Crippen LogP contribution in [0.15, 0.2) is 41.5 Å². The highest BCUT2D eigenvalue weighted by Gasteiger charge is 2.45. The summed E-state index contributed by atoms with van der Waals surface area (Å²) in [5.74, 6) is -1.58. The highest BCUT2D eigenvalue weighted by molar-refractivity contribution is 5.72. The van der Waals surface area contributed by atoms with E-state index in [0.29, 0.717) is 13.0 Å². The summed E-state index contributed by atoms with van der Waals surface area (Å²) in [6.45, 7) is 7.06. The van der Waals surface area contributed by atoms with Gasteiger partial charge in [-0.3, -0.25) is 4.90 Å². The SMILES string of the molecule is CC(C)(C)OC(=O)N[C@@H]1CCCN(C2CC(c3ccc(F)cc3)CC2OC2(C#N)N=CC=CN2)C1. The van der Waals surface area contributed by atoms with Gasteiger partial charge in [0.25, 0.3) is 0 Å². The van der Waals surface area contributed by atoms with E-state index in [9.17, 15) is 14.4 Å². The first kappa shape index (κ1) is 25.1. The van der Waals surface area contributed by atoms with Crippen LogP contribution in [0.3, 0.4) is 0 Å². The van der Waals surface area contributed by atoms with Crippen molar-refractivity contribution in [1.29, 1.82) is 5.26 Å². The third-order valence-electron chi connectivity index (χ3n) is 6.65. The van der Waals surface area contributed by atoms with Crippen molar-refractivity contribution >= 4 is 12.3 Å². The molecule has 188 valence electrons. The molecule has 0 aromatic heterocycles. The molecule has 35 heavy (non-hydrogen) atoms. The van der Waals surface area contributed by atoms with Crippen LogP contribution in [0.1, 0.15) is 57.9 Å². The number of piperidine rings is 1. The molecule has 1 aromatic carbocycles. The van der Waals surface area contributed by atoms with Crippen molar-refractivity contribution in [3.8, 4) is 6.07 Å². The van der Waals surface area contributed by atoms with E-state index in [1.54, 1.807) is 18.5 Å². The zero-order chi connectivity index (χ0) is 25.1. The molecular weight excluding hydrogens is 449 g/mol. The van der Waals surface area contributed by atoms with Crippen LogP contribution in [0.5, 0.6) is 0 Å². The summed E-state index contributed by atoms with van der Waals surface area (Å²) < 4.78 is 25.3. The van der Waals surface area contributed by atoms with Crippen LogP contribution in [0.25, 0.3) is 0 Å². The lowest BCUT2D eigenvalue weighted by Gasteiger charge is -2.40. The minimum Gasteiger partial charge on any atom is -0.444 e. The van der Waals surface area contributed by atoms with Gasteiger partial charge in [-0.2, -0.15) is 5.26 Å². The van der Waals surface area contributed by atoms with E-state index >= 15 is 0 Å². The number of nitriles is 1. The van der Waals surface area contributed by atoms with E-state index in [2.05, 4.69) is 26.6 Å². The molecule has 2 heterocycles. The van der Waals surface area contributed by atoms with Crippen molar-refractivity contribution < 1.29 is 18.7 Å². The first-order chi connectivity index (χ1) is 16.7. The van der Waals surface area contributed by atoms with Crippen LogP contribution in [0.4, 0.5) is 9.18 Å². The summed E-state index contributed by atoms with van der Waals surface area (Å²) in [5.41, 5.74) is 0.493. The Kier molecular flexibility index (Phi) is 7.43. The molecule has 5 atom stereocenters. The van der Waals surface area contributed by atoms with Crippen molar-refractivity contribution in [2.75, 3.05) is 13.1 Å². The van der Waals surface area contributed by atoms with Crippen molar-refractivity contribution in [1.82, 2.24) is 15.5 Å². The number of nitrogens with zero attached hydrogens (tertiary/aromatic N) is 3. The topological polar surface area (TPSA) is 99.0 Å². The number of carbonyl (C=O) groups excluding carboxylic acids is 1. The second-order valence-electron chi connectivity index (χ2n) is 10.5. The smallest absolute Gasteiger partial charge is 0.407 e. The molecule has 1 aromatic rings. The van der Waals surface area contributed by atoms with Crippen LogP contribution < -0.4 is 10.6 Å². The number of amides is 1. The van der Waals surface area contributed by atoms with Gasteiger partial charge in [0, 0.05) is 31.0 Å². The maximum Gasteiger partial charge on any atom is 0.407 e. The molecule has 2 N–H and O–H groups in total. The Morgan fingerprint density at radius 3 is 2.74 bits per heavy atom. The number of allylic oxidation sites excluding steroid dienone is 1. The standard InChI is InChI=1S/C26H34FN5O3/c1-25(2,3)35-24(33)31-21-6-4-13-32(16-21)22-14-19(18-7-9-20(27)10-8-18)15-23(22)34-26(17-28)29-11-5-12-30-26/h5,7-12,19,21-23,29H,4,6,13-16H2,1-3H3,(H,31,33)/t19?,21-,22?,23?,26?/m1/s1. The molecule has 0 spiro atoms. The monoisotopic (exact) mass is 483 g/mol. The molecule has 8 nitrogen and oxygen atoms in total. The van der Waals surface area contributed by atoms with Gasteiger partial charge in [-0.25, -0.2) is 14.2 Å². The van der Waals surface area contributed by atoms with E-state index in [1.165, 1.54) is 12.1 Å². The molecule has 1 aliphatic carbocycles. The minimum atomic E-state index is -1.47. The van der Waals surface area contributed by atoms with Gasteiger partial charge in [-0.05, 0) is 82.7 Å². The van der Waals surface area contributed by atoms with E-state index in [1.807, 2.05) is 32.9 Å². The van der Waals surface area contributed by atoms with E-state index in [0.717, 1.165) is 31.4 Å². The molecule has 0 radical (unpaired) electrons. The number of ether oxygens (including phenoxy) is 2. The lowest BCUT2D eigenvalue weighted by atomic mass is 9.97. The molecule has 2 fully saturated rings. The third kappa shape index (κ3) is 6.38. The quantitative estimate of drug-likeness (QED) is 0.661. The van der Waals surface area contributed by atoms with Gasteiger partial charge < -0.3 is 20.1 Å². The number of halogens is 1. The fourth-order valence-corrected chi connectivity index (χ4v) is 5.16. The number of nitrogens with one attached hydrogen (secondary N) is 2. The van der Waals surface area contributed by atoms with Gasteiger partial charge in [0.2, 0.25) is 0 Å². The van der Waals surface area contributed by atoms with Gasteiger partial charge in [-0.15, -0.1) is 0 Å². The van der Waals surface area contributed by atoms with Crippen LogP contribution in [0.2, 0.25) is 0 Å². The summed E-state index contributed by atoms with van der Waals surface area (Å²) >= 11 is 0. The summed E-state index contributed by atoms with van der Waals surface area (Å²) in [7, 11) is 0. The summed E-state index contributed by atoms with van der Waals surface area (Å²) in [4.78, 5) is 19.0. The van der Waals surface area contributed by atoms with Gasteiger partial charge in [-0.1, -0.05) is 12.1 Å². The molecule has 4 unspecified atom stereocenters. The van der Waals surface area contributed by atoms with Crippen molar-refractivity contribution in [3.05, 3.63) is 47.9 Å². The molecule has 0 bridgehead atoms. The van der Waals surface area contributed by atoms with Crippen LogP contribution in [-0.4, -0.2) is 59.9 Å². The number of aliphatic imine (C=N–C) groups is 1. The molecule has 2 aliphatic heterocycles. The van der Waals surface area contributed by atoms with E-state index in [-0.39, 0.29) is 29.9 Å². The molecule has 9 heteroatoms. The minimum absolute atomic E-state index is 0.0152. The normalized spacial score (nSPS) is 30.9. The highest BCUT2D eigenvalue weighted by Crippen LogP contribution is 2.41. The van der Waals surface area contributed by atoms with Gasteiger partial charge in [0.1, 0.15) is 17.5 Å². The second kappa shape index (κ2) is 10.3. The Bertz CT molecular complexity index is 1000. The molecule has 1 amide bonds. The number of benzene rings is 1. The third-order valence-corrected chi connectivity index (χ3v) is 6.65. The summed E-state index contributed by atoms with van der Waals surface area (Å²) in [6, 6.07) is 8.74. The lowest BCUT2D eigenvalue weighted by molar-refractivity contribution is -0.0932. The Morgan fingerprint density at radius 2 is 2.09 bits per heavy atom. The average molecular weight is 484 g/mol. The predicted octanol–water partition coefficient (Wildman–Crippen LogP) is 3.81. The van der Waals surface area contributed by atoms with E-state index < -0.39 is 17.5 Å². The molecule has 1 saturated heterocycles. The molecular formula is C26H34FN5O3. The molecule has 1 saturated carbocycles. The Balaban J connectivity index is 1.50. The summed E-state index contributed by atoms with van der Waals surface area (Å²) in [5, 5.41) is 15.8. The number of alkyl carbamates (subject to hydrolysis) is 1. The Morgan fingerprint density at radius 1 is 1.31 bits per heavy atom. The zero-order valence-electron chi connectivity index (χ0n) is 20.5. The number of hydrogen-bond acceptors (Lipinski definition) is 7. The van der Waals surface area contributed by atoms with Crippen molar-refractivity contribution in [2.24, 2.45) is 4.99 Å². The fourth-order valence-electron chi connectivity index (χ4n) is 5.16. The highest BCUT2D eigenvalue weighted by atomic mass is 19.1. The Labute approximate surface area is 206 Å². The van der Waals surface area contributed by atoms with Crippen LogP contribution in [-0.2, 0) is 9.47 Å². The van der Waals surface area contributed by atoms with E-state index in [4.69, 9.17) is 9.47 Å².